The van der Waals surface area contributed by atoms with E-state index < -0.39 is 11.9 Å². The van der Waals surface area contributed by atoms with Gasteiger partial charge in [0, 0.05) is 8.95 Å². The van der Waals surface area contributed by atoms with Gasteiger partial charge in [-0.1, -0.05) is 11.6 Å². The SMILES string of the molecule is COC(=O)C1=C(C(=O)OC)N(c2c(Br)cc(Br)c(Cl)c2C)COC1. The van der Waals surface area contributed by atoms with E-state index in [0.717, 1.165) is 0 Å². The van der Waals surface area contributed by atoms with Crippen LogP contribution in [0.3, 0.4) is 0 Å². The summed E-state index contributed by atoms with van der Waals surface area (Å²) in [5, 5.41) is 0.489. The lowest BCUT2D eigenvalue weighted by atomic mass is 10.1. The Bertz CT molecular complexity index is 735. The fraction of sp³-hybridized carbons (Fsp3) is 0.333. The van der Waals surface area contributed by atoms with E-state index >= 15 is 0 Å². The number of methoxy groups -OCH3 is 2. The number of benzene rings is 1. The Labute approximate surface area is 160 Å². The van der Waals surface area contributed by atoms with Crippen molar-refractivity contribution in [3.05, 3.63) is 36.9 Å². The molecule has 2 rings (SSSR count). The molecule has 1 aliphatic rings. The minimum absolute atomic E-state index is 0.0471. The summed E-state index contributed by atoms with van der Waals surface area (Å²) in [6.07, 6.45) is 0. The fourth-order valence-electron chi connectivity index (χ4n) is 2.36. The van der Waals surface area contributed by atoms with Crippen LogP contribution in [0.15, 0.2) is 26.3 Å². The Morgan fingerprint density at radius 2 is 1.83 bits per heavy atom. The summed E-state index contributed by atoms with van der Waals surface area (Å²) in [6, 6.07) is 1.76. The van der Waals surface area contributed by atoms with Gasteiger partial charge in [-0.15, -0.1) is 0 Å². The first-order valence-electron chi connectivity index (χ1n) is 6.72. The van der Waals surface area contributed by atoms with E-state index in [0.29, 0.717) is 25.2 Å². The highest BCUT2D eigenvalue weighted by atomic mass is 79.9. The molecule has 0 amide bonds. The second-order valence-electron chi connectivity index (χ2n) is 4.84. The van der Waals surface area contributed by atoms with E-state index in [1.807, 2.05) is 0 Å². The quantitative estimate of drug-likeness (QED) is 0.484. The molecule has 130 valence electrons. The van der Waals surface area contributed by atoms with Crippen molar-refractivity contribution < 1.29 is 23.8 Å². The third-order valence-corrected chi connectivity index (χ3v) is 5.42. The first kappa shape index (κ1) is 19.2. The molecule has 1 aromatic carbocycles. The second kappa shape index (κ2) is 7.86. The highest BCUT2D eigenvalue weighted by Gasteiger charge is 2.34. The van der Waals surface area contributed by atoms with Crippen molar-refractivity contribution in [2.75, 3.05) is 32.5 Å². The lowest BCUT2D eigenvalue weighted by Crippen LogP contribution is -2.39. The van der Waals surface area contributed by atoms with Gasteiger partial charge in [0.25, 0.3) is 0 Å². The lowest BCUT2D eigenvalue weighted by Gasteiger charge is -2.33. The number of anilines is 1. The van der Waals surface area contributed by atoms with E-state index in [9.17, 15) is 9.59 Å². The molecule has 0 spiro atoms. The van der Waals surface area contributed by atoms with Gasteiger partial charge in [-0.3, -0.25) is 0 Å². The number of esters is 2. The molecule has 0 saturated carbocycles. The zero-order valence-electron chi connectivity index (χ0n) is 13.1. The predicted molar refractivity (Wildman–Crippen MR) is 95.9 cm³/mol. The molecular weight excluding hydrogens is 469 g/mol. The van der Waals surface area contributed by atoms with Crippen molar-refractivity contribution in [2.24, 2.45) is 0 Å². The summed E-state index contributed by atoms with van der Waals surface area (Å²) in [5.74, 6) is -1.32. The van der Waals surface area contributed by atoms with Gasteiger partial charge in [0.2, 0.25) is 0 Å². The monoisotopic (exact) mass is 481 g/mol. The van der Waals surface area contributed by atoms with Gasteiger partial charge in [-0.05, 0) is 50.4 Å². The summed E-state index contributed by atoms with van der Waals surface area (Å²) in [5.41, 5.74) is 1.46. The van der Waals surface area contributed by atoms with Gasteiger partial charge < -0.3 is 19.1 Å². The number of carbonyl (C=O) groups excluding carboxylic acids is 2. The molecule has 24 heavy (non-hydrogen) atoms. The van der Waals surface area contributed by atoms with Gasteiger partial charge in [0.1, 0.15) is 12.4 Å². The van der Waals surface area contributed by atoms with Crippen molar-refractivity contribution in [3.8, 4) is 0 Å². The standard InChI is InChI=1S/C15H14Br2ClNO5/c1-7-11(18)9(16)4-10(17)12(7)19-6-24-5-8(14(20)22-2)13(19)15(21)23-3/h4H,5-6H2,1-3H3. The molecule has 0 saturated heterocycles. The Balaban J connectivity index is 2.71. The zero-order valence-corrected chi connectivity index (χ0v) is 17.0. The Hall–Kier alpha value is -1.09. The molecule has 0 N–H and O–H groups in total. The summed E-state index contributed by atoms with van der Waals surface area (Å²) in [7, 11) is 2.48. The van der Waals surface area contributed by atoms with Crippen molar-refractivity contribution in [3.63, 3.8) is 0 Å². The molecule has 1 heterocycles. The lowest BCUT2D eigenvalue weighted by molar-refractivity contribution is -0.140. The van der Waals surface area contributed by atoms with Crippen molar-refractivity contribution in [1.82, 2.24) is 0 Å². The van der Waals surface area contributed by atoms with E-state index in [-0.39, 0.29) is 24.6 Å². The average Bonchev–Trinajstić information content (AvgIpc) is 2.58. The molecule has 0 aromatic heterocycles. The van der Waals surface area contributed by atoms with Gasteiger partial charge >= 0.3 is 11.9 Å². The smallest absolute Gasteiger partial charge is 0.355 e. The molecule has 0 unspecified atom stereocenters. The van der Waals surface area contributed by atoms with Crippen LogP contribution in [-0.2, 0) is 23.8 Å². The number of hydrogen-bond donors (Lipinski definition) is 0. The van der Waals surface area contributed by atoms with Crippen molar-refractivity contribution >= 4 is 61.1 Å². The Morgan fingerprint density at radius 3 is 2.42 bits per heavy atom. The number of carbonyl (C=O) groups is 2. The molecule has 1 aliphatic heterocycles. The third kappa shape index (κ3) is 3.46. The third-order valence-electron chi connectivity index (χ3n) is 3.48. The topological polar surface area (TPSA) is 65.1 Å². The fourth-order valence-corrected chi connectivity index (χ4v) is 4.07. The minimum Gasteiger partial charge on any atom is -0.466 e. The van der Waals surface area contributed by atoms with Crippen molar-refractivity contribution in [2.45, 2.75) is 6.92 Å². The molecule has 0 bridgehead atoms. The van der Waals surface area contributed by atoms with E-state index in [4.69, 9.17) is 25.8 Å². The molecule has 1 aromatic rings. The van der Waals surface area contributed by atoms with Crippen LogP contribution < -0.4 is 4.90 Å². The van der Waals surface area contributed by atoms with Gasteiger partial charge in [-0.2, -0.15) is 0 Å². The largest absolute Gasteiger partial charge is 0.466 e. The van der Waals surface area contributed by atoms with Crippen LogP contribution in [0.5, 0.6) is 0 Å². The number of hydrogen-bond acceptors (Lipinski definition) is 6. The maximum atomic E-state index is 12.3. The molecule has 0 fully saturated rings. The first-order valence-corrected chi connectivity index (χ1v) is 8.69. The van der Waals surface area contributed by atoms with E-state index in [1.54, 1.807) is 17.9 Å². The minimum atomic E-state index is -0.663. The maximum Gasteiger partial charge on any atom is 0.355 e. The van der Waals surface area contributed by atoms with Crippen LogP contribution in [0.2, 0.25) is 5.02 Å². The van der Waals surface area contributed by atoms with Gasteiger partial charge in [0.15, 0.2) is 0 Å². The molecule has 0 aliphatic carbocycles. The van der Waals surface area contributed by atoms with Crippen LogP contribution in [-0.4, -0.2) is 39.5 Å². The summed E-state index contributed by atoms with van der Waals surface area (Å²) in [6.45, 7) is 1.81. The summed E-state index contributed by atoms with van der Waals surface area (Å²) < 4.78 is 16.4. The second-order valence-corrected chi connectivity index (χ2v) is 6.93. The van der Waals surface area contributed by atoms with Crippen LogP contribution in [0.1, 0.15) is 5.56 Å². The molecule has 9 heteroatoms. The first-order chi connectivity index (χ1) is 11.3. The van der Waals surface area contributed by atoms with Crippen LogP contribution in [0, 0.1) is 6.92 Å². The van der Waals surface area contributed by atoms with Gasteiger partial charge in [-0.25, -0.2) is 9.59 Å². The molecular formula is C15H14Br2ClNO5. The number of rotatable bonds is 3. The van der Waals surface area contributed by atoms with Crippen LogP contribution in [0.25, 0.3) is 0 Å². The highest BCUT2D eigenvalue weighted by molar-refractivity contribution is 9.11. The zero-order chi connectivity index (χ0) is 18.0. The molecule has 6 nitrogen and oxygen atoms in total. The number of nitrogens with zero attached hydrogens (tertiary/aromatic N) is 1. The Kier molecular flexibility index (Phi) is 6.30. The number of ether oxygens (including phenoxy) is 3. The average molecular weight is 484 g/mol. The summed E-state index contributed by atoms with van der Waals surface area (Å²) >= 11 is 13.1. The van der Waals surface area contributed by atoms with Crippen molar-refractivity contribution in [1.29, 1.82) is 0 Å². The van der Waals surface area contributed by atoms with E-state index in [2.05, 4.69) is 31.9 Å². The number of halogens is 3. The maximum absolute atomic E-state index is 12.3. The van der Waals surface area contributed by atoms with Crippen LogP contribution >= 0.6 is 43.5 Å². The predicted octanol–water partition coefficient (Wildman–Crippen LogP) is 3.57. The van der Waals surface area contributed by atoms with Crippen LogP contribution in [0.4, 0.5) is 5.69 Å². The highest BCUT2D eigenvalue weighted by Crippen LogP contribution is 2.41. The normalized spacial score (nSPS) is 14.7. The molecule has 0 atom stereocenters. The van der Waals surface area contributed by atoms with E-state index in [1.165, 1.54) is 14.2 Å². The summed E-state index contributed by atoms with van der Waals surface area (Å²) in [4.78, 5) is 25.9. The molecule has 0 radical (unpaired) electrons. The van der Waals surface area contributed by atoms with Gasteiger partial charge in [0.05, 0.1) is 37.1 Å². The Morgan fingerprint density at radius 1 is 1.21 bits per heavy atom.